The molecule has 0 unspecified atom stereocenters. The minimum atomic E-state index is -0.276. The summed E-state index contributed by atoms with van der Waals surface area (Å²) in [4.78, 5) is 5.89. The van der Waals surface area contributed by atoms with Crippen LogP contribution >= 0.6 is 0 Å². The molecule has 0 aliphatic carbocycles. The number of rotatable bonds is 6. The zero-order valence-corrected chi connectivity index (χ0v) is 15.5. The fourth-order valence-electron chi connectivity index (χ4n) is 3.38. The molecule has 0 radical (unpaired) electrons. The molecule has 0 amide bonds. The van der Waals surface area contributed by atoms with E-state index in [1.165, 1.54) is 12.3 Å². The molecule has 1 heterocycles. The highest BCUT2D eigenvalue weighted by Crippen LogP contribution is 2.33. The molecule has 0 aromatic heterocycles. The zero-order chi connectivity index (χ0) is 19.2. The van der Waals surface area contributed by atoms with Crippen LogP contribution in [0.2, 0.25) is 0 Å². The van der Waals surface area contributed by atoms with Crippen LogP contribution in [0.3, 0.4) is 0 Å². The maximum atomic E-state index is 14.5. The van der Waals surface area contributed by atoms with E-state index in [4.69, 9.17) is 10.7 Å². The second-order valence-corrected chi connectivity index (χ2v) is 6.61. The van der Waals surface area contributed by atoms with Gasteiger partial charge in [0, 0.05) is 16.7 Å². The van der Waals surface area contributed by atoms with Gasteiger partial charge in [0.15, 0.2) is 0 Å². The molecule has 6 heteroatoms. The van der Waals surface area contributed by atoms with Crippen molar-refractivity contribution >= 4 is 18.0 Å². The Morgan fingerprint density at radius 2 is 2.11 bits per heavy atom. The first-order chi connectivity index (χ1) is 13.1. The van der Waals surface area contributed by atoms with Crippen molar-refractivity contribution in [1.29, 1.82) is 0 Å². The number of piperidine rings is 1. The second kappa shape index (κ2) is 8.79. The lowest BCUT2D eigenvalue weighted by atomic mass is 9.95. The monoisotopic (exact) mass is 368 g/mol. The van der Waals surface area contributed by atoms with Crippen molar-refractivity contribution in [1.82, 2.24) is 5.32 Å². The lowest BCUT2D eigenvalue weighted by Gasteiger charge is -2.24. The number of nitrogens with zero attached hydrogens (tertiary/aromatic N) is 1. The molecule has 0 atom stereocenters. The largest absolute Gasteiger partial charge is 0.323 e. The van der Waals surface area contributed by atoms with Crippen LogP contribution in [0.25, 0.3) is 17.2 Å². The van der Waals surface area contributed by atoms with Crippen LogP contribution in [0, 0.1) is 12.7 Å². The van der Waals surface area contributed by atoms with E-state index in [0.717, 1.165) is 48.2 Å². The normalized spacial score (nSPS) is 15.2. The number of nitrogens with one attached hydrogen (secondary N) is 2. The van der Waals surface area contributed by atoms with Gasteiger partial charge in [-0.2, -0.15) is 5.10 Å². The zero-order valence-electron chi connectivity index (χ0n) is 15.5. The van der Waals surface area contributed by atoms with E-state index in [9.17, 15) is 4.39 Å². The van der Waals surface area contributed by atoms with Gasteiger partial charge in [-0.3, -0.25) is 10.3 Å². The standard InChI is InChI=1S/C21H25FN4O/c1-3-18-16(13-25-23)11-15(21-14(2)5-4-6-19(21)22)12-20(18)26-27-17-7-9-24-10-8-17/h3-6,11-13,17,24,26H,1,7-10,23H2,2H3/b25-13-. The second-order valence-electron chi connectivity index (χ2n) is 6.61. The Kier molecular flexibility index (Phi) is 6.21. The first kappa shape index (κ1) is 19.1. The molecule has 5 nitrogen and oxygen atoms in total. The molecule has 142 valence electrons. The van der Waals surface area contributed by atoms with Gasteiger partial charge in [0.1, 0.15) is 5.82 Å². The van der Waals surface area contributed by atoms with Gasteiger partial charge in [-0.25, -0.2) is 4.39 Å². The van der Waals surface area contributed by atoms with Gasteiger partial charge in [0.25, 0.3) is 0 Å². The van der Waals surface area contributed by atoms with E-state index in [1.54, 1.807) is 12.1 Å². The van der Waals surface area contributed by atoms with E-state index < -0.39 is 0 Å². The van der Waals surface area contributed by atoms with E-state index >= 15 is 0 Å². The summed E-state index contributed by atoms with van der Waals surface area (Å²) in [5, 5.41) is 6.95. The van der Waals surface area contributed by atoms with Crippen molar-refractivity contribution in [3.63, 3.8) is 0 Å². The van der Waals surface area contributed by atoms with Gasteiger partial charge < -0.3 is 11.2 Å². The molecule has 0 bridgehead atoms. The number of benzene rings is 2. The summed E-state index contributed by atoms with van der Waals surface area (Å²) in [6.07, 6.45) is 5.23. The molecule has 1 saturated heterocycles. The maximum Gasteiger partial charge on any atom is 0.131 e. The number of halogens is 1. The molecule has 0 spiro atoms. The number of hydrazone groups is 1. The smallest absolute Gasteiger partial charge is 0.131 e. The SMILES string of the molecule is C=Cc1c(/C=N\N)cc(-c2c(C)cccc2F)cc1NOC1CCNCC1. The molecule has 1 aliphatic heterocycles. The lowest BCUT2D eigenvalue weighted by Crippen LogP contribution is -2.33. The molecule has 0 saturated carbocycles. The van der Waals surface area contributed by atoms with Crippen LogP contribution in [0.15, 0.2) is 42.0 Å². The van der Waals surface area contributed by atoms with E-state index in [2.05, 4.69) is 22.5 Å². The van der Waals surface area contributed by atoms with Crippen molar-refractivity contribution in [2.75, 3.05) is 18.6 Å². The van der Waals surface area contributed by atoms with Gasteiger partial charge in [-0.05, 0) is 62.2 Å². The highest BCUT2D eigenvalue weighted by molar-refractivity contribution is 5.92. The van der Waals surface area contributed by atoms with Crippen LogP contribution in [0.4, 0.5) is 10.1 Å². The van der Waals surface area contributed by atoms with E-state index in [0.29, 0.717) is 11.3 Å². The fraction of sp³-hybridized carbons (Fsp3) is 0.286. The summed E-state index contributed by atoms with van der Waals surface area (Å²) in [7, 11) is 0. The predicted octanol–water partition coefficient (Wildman–Crippen LogP) is 3.83. The third kappa shape index (κ3) is 4.35. The molecule has 4 N–H and O–H groups in total. The van der Waals surface area contributed by atoms with Crippen LogP contribution < -0.4 is 16.6 Å². The van der Waals surface area contributed by atoms with Crippen molar-refractivity contribution in [3.8, 4) is 11.1 Å². The van der Waals surface area contributed by atoms with Crippen molar-refractivity contribution in [3.05, 3.63) is 59.4 Å². The Hall–Kier alpha value is -2.70. The number of hydrogen-bond donors (Lipinski definition) is 3. The highest BCUT2D eigenvalue weighted by Gasteiger charge is 2.17. The van der Waals surface area contributed by atoms with Crippen LogP contribution in [-0.2, 0) is 4.84 Å². The Morgan fingerprint density at radius 3 is 2.78 bits per heavy atom. The Bertz CT molecular complexity index is 824. The summed E-state index contributed by atoms with van der Waals surface area (Å²) in [5.74, 6) is 5.10. The van der Waals surface area contributed by atoms with Gasteiger partial charge >= 0.3 is 0 Å². The third-order valence-corrected chi connectivity index (χ3v) is 4.76. The first-order valence-electron chi connectivity index (χ1n) is 9.05. The predicted molar refractivity (Wildman–Crippen MR) is 109 cm³/mol. The summed E-state index contributed by atoms with van der Waals surface area (Å²) in [6.45, 7) is 7.63. The average molecular weight is 368 g/mol. The van der Waals surface area contributed by atoms with E-state index in [-0.39, 0.29) is 11.9 Å². The summed E-state index contributed by atoms with van der Waals surface area (Å²) in [5.41, 5.74) is 7.43. The van der Waals surface area contributed by atoms with Crippen LogP contribution in [0.1, 0.15) is 29.5 Å². The molecule has 2 aromatic carbocycles. The quantitative estimate of drug-likeness (QED) is 0.412. The summed E-state index contributed by atoms with van der Waals surface area (Å²) >= 11 is 0. The highest BCUT2D eigenvalue weighted by atomic mass is 19.1. The number of nitrogens with two attached hydrogens (primary N) is 1. The average Bonchev–Trinajstić information content (AvgIpc) is 2.67. The molecule has 3 rings (SSSR count). The lowest BCUT2D eigenvalue weighted by molar-refractivity contribution is 0.0740. The number of aryl methyl sites for hydroxylation is 1. The molecular weight excluding hydrogens is 343 g/mol. The van der Waals surface area contributed by atoms with Gasteiger partial charge in [-0.15, -0.1) is 0 Å². The Morgan fingerprint density at radius 1 is 1.33 bits per heavy atom. The molecule has 2 aromatic rings. The molecule has 27 heavy (non-hydrogen) atoms. The Balaban J connectivity index is 2.02. The fourth-order valence-corrected chi connectivity index (χ4v) is 3.38. The summed E-state index contributed by atoms with van der Waals surface area (Å²) < 4.78 is 14.5. The first-order valence-corrected chi connectivity index (χ1v) is 9.05. The number of hydrogen-bond acceptors (Lipinski definition) is 5. The minimum Gasteiger partial charge on any atom is -0.323 e. The molecule has 1 fully saturated rings. The summed E-state index contributed by atoms with van der Waals surface area (Å²) in [6, 6.07) is 8.77. The number of anilines is 1. The van der Waals surface area contributed by atoms with Gasteiger partial charge in [0.2, 0.25) is 0 Å². The minimum absolute atomic E-state index is 0.120. The topological polar surface area (TPSA) is 71.7 Å². The van der Waals surface area contributed by atoms with Crippen LogP contribution in [-0.4, -0.2) is 25.4 Å². The molecular formula is C21H25FN4O. The van der Waals surface area contributed by atoms with Crippen molar-refractivity contribution < 1.29 is 9.23 Å². The maximum absolute atomic E-state index is 14.5. The third-order valence-electron chi connectivity index (χ3n) is 4.76. The van der Waals surface area contributed by atoms with Crippen molar-refractivity contribution in [2.24, 2.45) is 10.9 Å². The van der Waals surface area contributed by atoms with Crippen molar-refractivity contribution in [2.45, 2.75) is 25.9 Å². The van der Waals surface area contributed by atoms with Crippen LogP contribution in [0.5, 0.6) is 0 Å². The van der Waals surface area contributed by atoms with Gasteiger partial charge in [0.05, 0.1) is 18.0 Å². The Labute approximate surface area is 159 Å². The van der Waals surface area contributed by atoms with Gasteiger partial charge in [-0.1, -0.05) is 24.8 Å². The van der Waals surface area contributed by atoms with E-state index in [1.807, 2.05) is 25.1 Å². The molecule has 1 aliphatic rings.